The molecule has 0 saturated carbocycles. The summed E-state index contributed by atoms with van der Waals surface area (Å²) in [5, 5.41) is 11.4. The van der Waals surface area contributed by atoms with Gasteiger partial charge in [0.05, 0.1) is 15.6 Å². The van der Waals surface area contributed by atoms with Gasteiger partial charge in [-0.3, -0.25) is 19.5 Å². The van der Waals surface area contributed by atoms with Gasteiger partial charge in [-0.2, -0.15) is 0 Å². The molecule has 2 heterocycles. The normalized spacial score (nSPS) is 15.3. The van der Waals surface area contributed by atoms with Gasteiger partial charge in [-0.25, -0.2) is 0 Å². The number of ether oxygens (including phenoxy) is 1. The lowest BCUT2D eigenvalue weighted by Gasteiger charge is -2.31. The number of rotatable bonds is 2. The molecule has 1 aromatic heterocycles. The van der Waals surface area contributed by atoms with Crippen molar-refractivity contribution in [3.63, 3.8) is 0 Å². The SMILES string of the molecule is CC1(C)C=C(n2cc(Cl)ccc2=O)c2cc([N+](=O)[O-])ccc2O1. The number of aromatic nitrogens is 1. The Balaban J connectivity index is 2.28. The van der Waals surface area contributed by atoms with Crippen molar-refractivity contribution < 1.29 is 9.66 Å². The van der Waals surface area contributed by atoms with Crippen LogP contribution in [0, 0.1) is 10.1 Å². The van der Waals surface area contributed by atoms with Gasteiger partial charge in [0.25, 0.3) is 11.2 Å². The first-order chi connectivity index (χ1) is 10.8. The first kappa shape index (κ1) is 15.3. The molecule has 1 aliphatic heterocycles. The molecule has 0 spiro atoms. The van der Waals surface area contributed by atoms with E-state index in [1.165, 1.54) is 41.1 Å². The van der Waals surface area contributed by atoms with Gasteiger partial charge in [0.2, 0.25) is 0 Å². The Morgan fingerprint density at radius 3 is 2.70 bits per heavy atom. The van der Waals surface area contributed by atoms with Crippen LogP contribution < -0.4 is 10.3 Å². The van der Waals surface area contributed by atoms with Crippen molar-refractivity contribution in [2.75, 3.05) is 0 Å². The molecule has 0 saturated heterocycles. The lowest BCUT2D eigenvalue weighted by atomic mass is 9.98. The highest BCUT2D eigenvalue weighted by Crippen LogP contribution is 2.38. The zero-order valence-corrected chi connectivity index (χ0v) is 13.2. The average Bonchev–Trinajstić information content (AvgIpc) is 2.47. The topological polar surface area (TPSA) is 74.4 Å². The summed E-state index contributed by atoms with van der Waals surface area (Å²) in [6, 6.07) is 7.16. The molecule has 0 unspecified atom stereocenters. The Hall–Kier alpha value is -2.60. The van der Waals surface area contributed by atoms with Gasteiger partial charge >= 0.3 is 0 Å². The molecule has 0 fully saturated rings. The lowest BCUT2D eigenvalue weighted by Crippen LogP contribution is -2.32. The summed E-state index contributed by atoms with van der Waals surface area (Å²) in [5.74, 6) is 0.477. The van der Waals surface area contributed by atoms with E-state index in [-0.39, 0.29) is 11.2 Å². The van der Waals surface area contributed by atoms with Crippen LogP contribution in [0.2, 0.25) is 5.02 Å². The van der Waals surface area contributed by atoms with E-state index in [2.05, 4.69) is 0 Å². The standard InChI is InChI=1S/C16H13ClN2O4/c1-16(2)8-13(18-9-10(17)3-6-15(18)20)12-7-11(19(21)22)4-5-14(12)23-16/h3-9H,1-2H3. The van der Waals surface area contributed by atoms with Crippen LogP contribution in [0.25, 0.3) is 5.70 Å². The third-order valence-electron chi connectivity index (χ3n) is 3.44. The Morgan fingerprint density at radius 1 is 1.26 bits per heavy atom. The number of non-ortho nitro benzene ring substituents is 1. The Labute approximate surface area is 136 Å². The van der Waals surface area contributed by atoms with Crippen LogP contribution in [0.1, 0.15) is 19.4 Å². The summed E-state index contributed by atoms with van der Waals surface area (Å²) in [4.78, 5) is 22.7. The second kappa shape index (κ2) is 5.24. The van der Waals surface area contributed by atoms with E-state index < -0.39 is 10.5 Å². The van der Waals surface area contributed by atoms with Crippen molar-refractivity contribution in [2.24, 2.45) is 0 Å². The number of fused-ring (bicyclic) bond motifs is 1. The van der Waals surface area contributed by atoms with Crippen molar-refractivity contribution >= 4 is 23.0 Å². The van der Waals surface area contributed by atoms with Crippen LogP contribution in [0.4, 0.5) is 5.69 Å². The Morgan fingerprint density at radius 2 is 2.00 bits per heavy atom. The summed E-state index contributed by atoms with van der Waals surface area (Å²) < 4.78 is 7.20. The minimum absolute atomic E-state index is 0.0759. The maximum Gasteiger partial charge on any atom is 0.270 e. The maximum absolute atomic E-state index is 12.2. The lowest BCUT2D eigenvalue weighted by molar-refractivity contribution is -0.384. The summed E-state index contributed by atoms with van der Waals surface area (Å²) in [7, 11) is 0. The minimum atomic E-state index is -0.666. The van der Waals surface area contributed by atoms with Gasteiger partial charge in [-0.1, -0.05) is 11.6 Å². The molecule has 6 nitrogen and oxygen atoms in total. The van der Waals surface area contributed by atoms with E-state index >= 15 is 0 Å². The fourth-order valence-corrected chi connectivity index (χ4v) is 2.65. The summed E-state index contributed by atoms with van der Waals surface area (Å²) in [6.45, 7) is 3.68. The summed E-state index contributed by atoms with van der Waals surface area (Å²) >= 11 is 5.99. The molecule has 0 N–H and O–H groups in total. The average molecular weight is 333 g/mol. The van der Waals surface area contributed by atoms with E-state index in [1.54, 1.807) is 6.08 Å². The van der Waals surface area contributed by atoms with Crippen molar-refractivity contribution in [3.05, 3.63) is 73.7 Å². The van der Waals surface area contributed by atoms with Gasteiger partial charge in [0.15, 0.2) is 0 Å². The van der Waals surface area contributed by atoms with Gasteiger partial charge < -0.3 is 4.74 Å². The van der Waals surface area contributed by atoms with E-state index in [0.717, 1.165) is 0 Å². The fraction of sp³-hybridized carbons (Fsp3) is 0.188. The highest BCUT2D eigenvalue weighted by Gasteiger charge is 2.29. The number of pyridine rings is 1. The van der Waals surface area contributed by atoms with E-state index in [4.69, 9.17) is 16.3 Å². The number of nitro benzene ring substituents is 1. The van der Waals surface area contributed by atoms with Crippen LogP contribution in [-0.2, 0) is 0 Å². The molecular weight excluding hydrogens is 320 g/mol. The zero-order valence-electron chi connectivity index (χ0n) is 12.4. The maximum atomic E-state index is 12.2. The molecule has 7 heteroatoms. The largest absolute Gasteiger partial charge is 0.483 e. The van der Waals surface area contributed by atoms with Crippen LogP contribution >= 0.6 is 11.6 Å². The van der Waals surface area contributed by atoms with Crippen LogP contribution in [0.15, 0.2) is 47.4 Å². The van der Waals surface area contributed by atoms with E-state index in [0.29, 0.717) is 22.0 Å². The van der Waals surface area contributed by atoms with E-state index in [9.17, 15) is 14.9 Å². The fourth-order valence-electron chi connectivity index (χ4n) is 2.49. The Bertz CT molecular complexity index is 899. The van der Waals surface area contributed by atoms with Gasteiger partial charge in [0.1, 0.15) is 11.4 Å². The highest BCUT2D eigenvalue weighted by molar-refractivity contribution is 6.30. The molecular formula is C16H13ClN2O4. The monoisotopic (exact) mass is 332 g/mol. The van der Waals surface area contributed by atoms with Crippen LogP contribution in [0.5, 0.6) is 5.75 Å². The van der Waals surface area contributed by atoms with Crippen molar-refractivity contribution in [2.45, 2.75) is 19.4 Å². The molecule has 23 heavy (non-hydrogen) atoms. The third kappa shape index (κ3) is 2.85. The molecule has 2 aromatic rings. The van der Waals surface area contributed by atoms with Crippen LogP contribution in [-0.4, -0.2) is 15.1 Å². The smallest absolute Gasteiger partial charge is 0.270 e. The minimum Gasteiger partial charge on any atom is -0.483 e. The first-order valence-electron chi connectivity index (χ1n) is 6.86. The number of hydrogen-bond acceptors (Lipinski definition) is 4. The zero-order chi connectivity index (χ0) is 16.8. The molecule has 1 aliphatic rings. The number of nitro groups is 1. The molecule has 1 aromatic carbocycles. The third-order valence-corrected chi connectivity index (χ3v) is 3.67. The highest BCUT2D eigenvalue weighted by atomic mass is 35.5. The first-order valence-corrected chi connectivity index (χ1v) is 7.24. The van der Waals surface area contributed by atoms with Crippen LogP contribution in [0.3, 0.4) is 0 Å². The van der Waals surface area contributed by atoms with Gasteiger partial charge in [-0.05, 0) is 32.1 Å². The van der Waals surface area contributed by atoms with Gasteiger partial charge in [0, 0.05) is 30.0 Å². The molecule has 118 valence electrons. The number of halogens is 1. The molecule has 0 radical (unpaired) electrons. The van der Waals surface area contributed by atoms with Crippen molar-refractivity contribution in [1.29, 1.82) is 0 Å². The summed E-state index contributed by atoms with van der Waals surface area (Å²) in [6.07, 6.45) is 3.23. The van der Waals surface area contributed by atoms with Gasteiger partial charge in [-0.15, -0.1) is 0 Å². The summed E-state index contributed by atoms with van der Waals surface area (Å²) in [5.41, 5.74) is -0.0422. The number of hydrogen-bond donors (Lipinski definition) is 0. The molecule has 0 amide bonds. The predicted molar refractivity (Wildman–Crippen MR) is 86.9 cm³/mol. The second-order valence-corrected chi connectivity index (χ2v) is 6.16. The Kier molecular flexibility index (Phi) is 3.49. The van der Waals surface area contributed by atoms with Crippen molar-refractivity contribution in [3.8, 4) is 5.75 Å². The number of benzene rings is 1. The number of nitrogens with zero attached hydrogens (tertiary/aromatic N) is 2. The molecule has 0 aliphatic carbocycles. The molecule has 0 bridgehead atoms. The molecule has 3 rings (SSSR count). The second-order valence-electron chi connectivity index (χ2n) is 5.73. The predicted octanol–water partition coefficient (Wildman–Crippen LogP) is 3.47. The molecule has 0 atom stereocenters. The van der Waals surface area contributed by atoms with E-state index in [1.807, 2.05) is 13.8 Å². The van der Waals surface area contributed by atoms with Crippen molar-refractivity contribution in [1.82, 2.24) is 4.57 Å². The quantitative estimate of drug-likeness (QED) is 0.623.